The minimum absolute atomic E-state index is 0.220. The summed E-state index contributed by atoms with van der Waals surface area (Å²) >= 11 is 0. The van der Waals surface area contributed by atoms with Crippen LogP contribution >= 0.6 is 0 Å². The Balaban J connectivity index is 2.17. The molecule has 0 bridgehead atoms. The Kier molecular flexibility index (Phi) is 4.41. The lowest BCUT2D eigenvalue weighted by molar-refractivity contribution is 0.0683. The van der Waals surface area contributed by atoms with E-state index in [9.17, 15) is 10.4 Å². The number of likely N-dealkylation sites (N-methyl/N-ethyl adjacent to an activating group) is 1. The van der Waals surface area contributed by atoms with Crippen LogP contribution in [0.25, 0.3) is 0 Å². The minimum Gasteiger partial charge on any atom is -0.508 e. The van der Waals surface area contributed by atoms with Crippen LogP contribution in [0.4, 0.5) is 0 Å². The van der Waals surface area contributed by atoms with E-state index in [0.717, 1.165) is 31.7 Å². The second-order valence-electron chi connectivity index (χ2n) is 5.11. The number of aromatic hydroxyl groups is 1. The first-order valence-corrected chi connectivity index (χ1v) is 6.82. The maximum absolute atomic E-state index is 9.57. The van der Waals surface area contributed by atoms with Crippen molar-refractivity contribution in [2.75, 3.05) is 26.2 Å². The van der Waals surface area contributed by atoms with Crippen LogP contribution in [0.3, 0.4) is 0 Å². The highest BCUT2D eigenvalue weighted by molar-refractivity contribution is 5.32. The van der Waals surface area contributed by atoms with E-state index < -0.39 is 0 Å². The van der Waals surface area contributed by atoms with Crippen LogP contribution in [0, 0.1) is 11.3 Å². The second kappa shape index (κ2) is 6.05. The first-order chi connectivity index (χ1) is 9.15. The molecule has 1 aliphatic heterocycles. The number of piperazine rings is 1. The smallest absolute Gasteiger partial charge is 0.124 e. The quantitative estimate of drug-likeness (QED) is 0.902. The summed E-state index contributed by atoms with van der Waals surface area (Å²) in [6, 6.07) is 9.47. The molecule has 1 aliphatic rings. The monoisotopic (exact) mass is 259 g/mol. The number of nitriles is 1. The van der Waals surface area contributed by atoms with Gasteiger partial charge < -0.3 is 10.0 Å². The van der Waals surface area contributed by atoms with Gasteiger partial charge in [-0.2, -0.15) is 5.26 Å². The van der Waals surface area contributed by atoms with Crippen molar-refractivity contribution in [1.29, 1.82) is 5.26 Å². The summed E-state index contributed by atoms with van der Waals surface area (Å²) in [7, 11) is 0. The van der Waals surface area contributed by atoms with Gasteiger partial charge in [0, 0.05) is 25.7 Å². The Morgan fingerprint density at radius 2 is 2.26 bits per heavy atom. The number of phenols is 1. The second-order valence-corrected chi connectivity index (χ2v) is 5.11. The molecule has 4 heteroatoms. The number of rotatable bonds is 3. The maximum atomic E-state index is 9.57. The molecule has 0 aromatic heterocycles. The third-order valence-electron chi connectivity index (χ3n) is 3.85. The molecule has 0 spiro atoms. The van der Waals surface area contributed by atoms with Gasteiger partial charge in [-0.05, 0) is 31.2 Å². The van der Waals surface area contributed by atoms with E-state index in [2.05, 4.69) is 29.7 Å². The molecule has 2 unspecified atom stereocenters. The van der Waals surface area contributed by atoms with E-state index in [1.54, 1.807) is 18.2 Å². The molecule has 4 nitrogen and oxygen atoms in total. The summed E-state index contributed by atoms with van der Waals surface area (Å²) in [6.07, 6.45) is 0. The SMILES string of the molecule is CCN1CCN(C(C#N)c2cccc(O)c2)C(C)C1. The van der Waals surface area contributed by atoms with Gasteiger partial charge in [0.15, 0.2) is 0 Å². The molecule has 1 heterocycles. The van der Waals surface area contributed by atoms with E-state index in [1.165, 1.54) is 0 Å². The van der Waals surface area contributed by atoms with Crippen LogP contribution in [0.5, 0.6) is 5.75 Å². The average molecular weight is 259 g/mol. The molecule has 19 heavy (non-hydrogen) atoms. The highest BCUT2D eigenvalue weighted by Crippen LogP contribution is 2.26. The summed E-state index contributed by atoms with van der Waals surface area (Å²) in [5.41, 5.74) is 0.874. The molecule has 2 atom stereocenters. The lowest BCUT2D eigenvalue weighted by atomic mass is 10.0. The molecule has 1 N–H and O–H groups in total. The van der Waals surface area contributed by atoms with E-state index in [0.29, 0.717) is 6.04 Å². The molecule has 1 saturated heterocycles. The van der Waals surface area contributed by atoms with Crippen molar-refractivity contribution in [2.24, 2.45) is 0 Å². The molecular weight excluding hydrogens is 238 g/mol. The Hall–Kier alpha value is -1.57. The highest BCUT2D eigenvalue weighted by atomic mass is 16.3. The fourth-order valence-corrected chi connectivity index (χ4v) is 2.75. The first-order valence-electron chi connectivity index (χ1n) is 6.82. The number of benzene rings is 1. The third-order valence-corrected chi connectivity index (χ3v) is 3.85. The van der Waals surface area contributed by atoms with Gasteiger partial charge >= 0.3 is 0 Å². The average Bonchev–Trinajstić information content (AvgIpc) is 2.41. The van der Waals surface area contributed by atoms with Gasteiger partial charge in [0.05, 0.1) is 6.07 Å². The largest absolute Gasteiger partial charge is 0.508 e. The van der Waals surface area contributed by atoms with Crippen molar-refractivity contribution >= 4 is 0 Å². The maximum Gasteiger partial charge on any atom is 0.124 e. The number of phenolic OH excluding ortho intramolecular Hbond substituents is 1. The first kappa shape index (κ1) is 13.9. The lowest BCUT2D eigenvalue weighted by Gasteiger charge is -2.41. The van der Waals surface area contributed by atoms with Crippen LogP contribution < -0.4 is 0 Å². The number of hydrogen-bond donors (Lipinski definition) is 1. The molecule has 0 saturated carbocycles. The van der Waals surface area contributed by atoms with E-state index in [4.69, 9.17) is 0 Å². The summed E-state index contributed by atoms with van der Waals surface area (Å²) in [5.74, 6) is 0.220. The molecule has 1 aromatic rings. The standard InChI is InChI=1S/C15H21N3O/c1-3-17-7-8-18(12(2)11-17)15(10-16)13-5-4-6-14(19)9-13/h4-6,9,12,15,19H,3,7-8,11H2,1-2H3. The lowest BCUT2D eigenvalue weighted by Crippen LogP contribution is -2.52. The Labute approximate surface area is 114 Å². The zero-order valence-electron chi connectivity index (χ0n) is 11.6. The minimum atomic E-state index is -0.277. The van der Waals surface area contributed by atoms with E-state index in [1.807, 2.05) is 6.07 Å². The molecular formula is C15H21N3O. The molecule has 2 rings (SSSR count). The Morgan fingerprint density at radius 3 is 2.84 bits per heavy atom. The van der Waals surface area contributed by atoms with Gasteiger partial charge in [-0.15, -0.1) is 0 Å². The van der Waals surface area contributed by atoms with Crippen LogP contribution in [-0.4, -0.2) is 47.1 Å². The molecule has 0 radical (unpaired) electrons. The van der Waals surface area contributed by atoms with Gasteiger partial charge in [0.1, 0.15) is 11.8 Å². The fourth-order valence-electron chi connectivity index (χ4n) is 2.75. The fraction of sp³-hybridized carbons (Fsp3) is 0.533. The molecule has 102 valence electrons. The summed E-state index contributed by atoms with van der Waals surface area (Å²) in [5, 5.41) is 19.0. The summed E-state index contributed by atoms with van der Waals surface area (Å²) in [4.78, 5) is 4.62. The highest BCUT2D eigenvalue weighted by Gasteiger charge is 2.29. The van der Waals surface area contributed by atoms with Gasteiger partial charge in [-0.25, -0.2) is 0 Å². The normalized spacial score (nSPS) is 22.9. The van der Waals surface area contributed by atoms with Crippen LogP contribution in [0.2, 0.25) is 0 Å². The molecule has 0 amide bonds. The zero-order chi connectivity index (χ0) is 13.8. The van der Waals surface area contributed by atoms with E-state index >= 15 is 0 Å². The van der Waals surface area contributed by atoms with Crippen molar-refractivity contribution in [1.82, 2.24) is 9.80 Å². The molecule has 1 fully saturated rings. The Bertz CT molecular complexity index is 469. The topological polar surface area (TPSA) is 50.5 Å². The van der Waals surface area contributed by atoms with Gasteiger partial charge in [-0.3, -0.25) is 4.90 Å². The van der Waals surface area contributed by atoms with Crippen LogP contribution in [-0.2, 0) is 0 Å². The third kappa shape index (κ3) is 3.06. The van der Waals surface area contributed by atoms with Crippen molar-refractivity contribution < 1.29 is 5.11 Å². The van der Waals surface area contributed by atoms with Crippen molar-refractivity contribution in [2.45, 2.75) is 25.9 Å². The Morgan fingerprint density at radius 1 is 1.47 bits per heavy atom. The molecule has 0 aliphatic carbocycles. The number of hydrogen-bond acceptors (Lipinski definition) is 4. The van der Waals surface area contributed by atoms with Crippen molar-refractivity contribution in [3.63, 3.8) is 0 Å². The summed E-state index contributed by atoms with van der Waals surface area (Å²) in [6.45, 7) is 8.27. The van der Waals surface area contributed by atoms with E-state index in [-0.39, 0.29) is 11.8 Å². The zero-order valence-corrected chi connectivity index (χ0v) is 11.6. The van der Waals surface area contributed by atoms with Gasteiger partial charge in [0.25, 0.3) is 0 Å². The molecule has 1 aromatic carbocycles. The van der Waals surface area contributed by atoms with Gasteiger partial charge in [0.2, 0.25) is 0 Å². The van der Waals surface area contributed by atoms with Crippen LogP contribution in [0.15, 0.2) is 24.3 Å². The summed E-state index contributed by atoms with van der Waals surface area (Å²) < 4.78 is 0. The van der Waals surface area contributed by atoms with Crippen molar-refractivity contribution in [3.8, 4) is 11.8 Å². The van der Waals surface area contributed by atoms with Crippen LogP contribution in [0.1, 0.15) is 25.5 Å². The number of nitrogens with zero attached hydrogens (tertiary/aromatic N) is 3. The predicted octanol–water partition coefficient (Wildman–Crippen LogP) is 1.98. The van der Waals surface area contributed by atoms with Crippen molar-refractivity contribution in [3.05, 3.63) is 29.8 Å². The predicted molar refractivity (Wildman–Crippen MR) is 74.7 cm³/mol. The van der Waals surface area contributed by atoms with Gasteiger partial charge in [-0.1, -0.05) is 19.1 Å².